The summed E-state index contributed by atoms with van der Waals surface area (Å²) in [5.74, 6) is -3.63. The molecule has 1 aromatic heterocycles. The van der Waals surface area contributed by atoms with E-state index in [9.17, 15) is 44.7 Å². The third kappa shape index (κ3) is 16.3. The number of phosphoric acid groups is 1. The fourth-order valence-electron chi connectivity index (χ4n) is 8.96. The minimum atomic E-state index is -5.15. The molecule has 1 spiro atoms. The smallest absolute Gasteiger partial charge is 0.448 e. The van der Waals surface area contributed by atoms with E-state index in [1.165, 1.54) is 26.6 Å². The molecule has 19 nitrogen and oxygen atoms in total. The van der Waals surface area contributed by atoms with Gasteiger partial charge < -0.3 is 68.9 Å². The number of carbonyl (C=O) groups excluding carboxylic acids is 1. The fraction of sp³-hybridized carbons (Fsp3) is 0.700. The molecule has 3 rings (SSSR count). The number of likely N-dealkylation sites (N-methyl/N-ethyl adjacent to an activating group) is 1. The first-order valence-corrected chi connectivity index (χ1v) is 25.4. The Balaban J connectivity index is 1.74. The lowest BCUT2D eigenvalue weighted by atomic mass is 9.72. The Morgan fingerprint density at radius 3 is 2.36 bits per heavy atom. The highest BCUT2D eigenvalue weighted by atomic mass is 31.2. The number of nitriles is 1. The molecule has 9 unspecified atom stereocenters. The Morgan fingerprint density at radius 2 is 1.76 bits per heavy atom. The minimum absolute atomic E-state index is 0.0645. The van der Waals surface area contributed by atoms with E-state index < -0.39 is 97.7 Å². The number of nitrogens with one attached hydrogen (secondary N) is 1. The lowest BCUT2D eigenvalue weighted by Crippen LogP contribution is -2.58. The van der Waals surface area contributed by atoms with Crippen LogP contribution in [0.3, 0.4) is 0 Å². The molecular weight excluding hydrogens is 928 g/mol. The number of rotatable bonds is 26. The highest BCUT2D eigenvalue weighted by Gasteiger charge is 2.68. The van der Waals surface area contributed by atoms with Crippen molar-refractivity contribution in [1.29, 1.82) is 5.26 Å². The third-order valence-corrected chi connectivity index (χ3v) is 14.5. The number of allylic oxidation sites excluding steroid dienone is 7. The Labute approximate surface area is 414 Å². The van der Waals surface area contributed by atoms with Gasteiger partial charge in [0.05, 0.1) is 49.2 Å². The molecule has 0 aromatic carbocycles. The van der Waals surface area contributed by atoms with Crippen molar-refractivity contribution in [1.82, 2.24) is 15.2 Å². The maximum Gasteiger partial charge on any atom is 0.469 e. The van der Waals surface area contributed by atoms with Gasteiger partial charge in [-0.25, -0.2) is 9.55 Å². The molecule has 0 bridgehead atoms. The number of ether oxygens (including phenoxy) is 4. The molecule has 2 saturated heterocycles. The number of aliphatic hydroxyl groups excluding tert-OH is 5. The molecule has 0 saturated carbocycles. The quantitative estimate of drug-likeness (QED) is 0.0355. The summed E-state index contributed by atoms with van der Waals surface area (Å²) >= 11 is 0. The van der Waals surface area contributed by atoms with Gasteiger partial charge in [-0.2, -0.15) is 5.26 Å². The van der Waals surface area contributed by atoms with Crippen molar-refractivity contribution in [3.8, 4) is 6.07 Å². The van der Waals surface area contributed by atoms with Gasteiger partial charge in [0.15, 0.2) is 17.8 Å². The Bertz CT molecular complexity index is 2080. The largest absolute Gasteiger partial charge is 0.469 e. The molecule has 396 valence electrons. The second-order valence-electron chi connectivity index (χ2n) is 19.9. The van der Waals surface area contributed by atoms with Crippen molar-refractivity contribution < 1.29 is 72.6 Å². The van der Waals surface area contributed by atoms with Crippen LogP contribution in [0.15, 0.2) is 63.9 Å². The number of oxazole rings is 1. The average molecular weight is 1010 g/mol. The van der Waals surface area contributed by atoms with Gasteiger partial charge in [0, 0.05) is 68.8 Å². The van der Waals surface area contributed by atoms with E-state index in [2.05, 4.69) is 10.3 Å². The highest BCUT2D eigenvalue weighted by molar-refractivity contribution is 7.46. The van der Waals surface area contributed by atoms with Crippen LogP contribution in [0, 0.1) is 34.5 Å². The molecule has 1 amide bonds. The van der Waals surface area contributed by atoms with Crippen LogP contribution in [0.25, 0.3) is 6.08 Å². The summed E-state index contributed by atoms with van der Waals surface area (Å²) in [6.07, 6.45) is 4.10. The van der Waals surface area contributed by atoms with Crippen LogP contribution < -0.4 is 5.32 Å². The molecular formula is C50H81N4O15P. The van der Waals surface area contributed by atoms with E-state index in [1.807, 2.05) is 78.0 Å². The standard InChI is InChI=1S/C50H81N4O15P/c1-29(20-22-51)16-14-17-30(2)32(4)24-33(5)42(57)35(7)38(55)25-41(65-13)45-46(69-70(61,62)63)49(8,9)50(68-45)26-39(56)34(6)40(67-50)19-15-18-36-27-66-48(53-36)31(3)21-23-52-47(60)44(59)43(58)37(28-64-12)54(10)11/h14-18,20,24,27,31,33-35,37-46,55-59H,19,21,23,25-26,28H2,1-13H3,(H,52,60)(H2,61,62,63)/t31-,33?,34?,35?,37?,38-,39+,40?,41?,42+,43-,44?,45?,46-,50?/m1/s1. The van der Waals surface area contributed by atoms with Gasteiger partial charge in [0.2, 0.25) is 0 Å². The number of phosphoric ester groups is 1. The average Bonchev–Trinajstić information content (AvgIpc) is 3.84. The first kappa shape index (κ1) is 60.9. The zero-order valence-corrected chi connectivity index (χ0v) is 44.0. The van der Waals surface area contributed by atoms with Crippen LogP contribution >= 0.6 is 7.82 Å². The van der Waals surface area contributed by atoms with Gasteiger partial charge in [-0.15, -0.1) is 0 Å². The van der Waals surface area contributed by atoms with Gasteiger partial charge in [-0.3, -0.25) is 9.32 Å². The third-order valence-electron chi connectivity index (χ3n) is 14.0. The molecule has 0 radical (unpaired) electrons. The first-order valence-electron chi connectivity index (χ1n) is 23.8. The molecule has 3 heterocycles. The Kier molecular flexibility index (Phi) is 23.5. The molecule has 0 aliphatic carbocycles. The van der Waals surface area contributed by atoms with Crippen LogP contribution in [0.1, 0.15) is 105 Å². The zero-order valence-electron chi connectivity index (χ0n) is 43.1. The Hall–Kier alpha value is -3.42. The van der Waals surface area contributed by atoms with Crippen LogP contribution in [0.2, 0.25) is 0 Å². The Morgan fingerprint density at radius 1 is 1.09 bits per heavy atom. The summed E-state index contributed by atoms with van der Waals surface area (Å²) in [6.45, 7) is 16.6. The number of hydrogen-bond donors (Lipinski definition) is 8. The normalized spacial score (nSPS) is 27.6. The van der Waals surface area contributed by atoms with Crippen LogP contribution in [-0.2, 0) is 32.8 Å². The molecule has 8 N–H and O–H groups in total. The number of methoxy groups -OCH3 is 2. The van der Waals surface area contributed by atoms with E-state index in [0.717, 1.165) is 16.7 Å². The van der Waals surface area contributed by atoms with Gasteiger partial charge >= 0.3 is 7.82 Å². The van der Waals surface area contributed by atoms with Crippen molar-refractivity contribution in [2.45, 2.75) is 161 Å². The molecule has 2 aliphatic rings. The number of aliphatic hydroxyl groups is 5. The number of amides is 1. The summed E-state index contributed by atoms with van der Waals surface area (Å²) in [7, 11) is 1.12. The molecule has 15 atom stereocenters. The van der Waals surface area contributed by atoms with Crippen molar-refractivity contribution in [3.63, 3.8) is 0 Å². The first-order chi connectivity index (χ1) is 32.6. The fourth-order valence-corrected chi connectivity index (χ4v) is 9.64. The summed E-state index contributed by atoms with van der Waals surface area (Å²) < 4.78 is 48.2. The van der Waals surface area contributed by atoms with E-state index in [1.54, 1.807) is 45.8 Å². The molecule has 2 fully saturated rings. The number of carbonyl (C=O) groups is 1. The zero-order chi connectivity index (χ0) is 52.9. The molecule has 2 aliphatic heterocycles. The van der Waals surface area contributed by atoms with Crippen molar-refractivity contribution in [3.05, 3.63) is 71.0 Å². The number of nitrogens with zero attached hydrogens (tertiary/aromatic N) is 3. The monoisotopic (exact) mass is 1010 g/mol. The summed E-state index contributed by atoms with van der Waals surface area (Å²) in [6, 6.07) is 1.40. The van der Waals surface area contributed by atoms with E-state index in [4.69, 9.17) is 33.2 Å². The molecule has 70 heavy (non-hydrogen) atoms. The number of hydrogen-bond acceptors (Lipinski definition) is 16. The molecule has 20 heteroatoms. The van der Waals surface area contributed by atoms with Crippen molar-refractivity contribution in [2.24, 2.45) is 23.2 Å². The summed E-state index contributed by atoms with van der Waals surface area (Å²) in [4.78, 5) is 39.2. The number of aromatic nitrogens is 1. The van der Waals surface area contributed by atoms with Crippen LogP contribution in [-0.4, -0.2) is 159 Å². The predicted octanol–water partition coefficient (Wildman–Crippen LogP) is 4.69. The van der Waals surface area contributed by atoms with Gasteiger partial charge in [0.25, 0.3) is 5.91 Å². The second-order valence-corrected chi connectivity index (χ2v) is 21.1. The van der Waals surface area contributed by atoms with E-state index in [0.29, 0.717) is 18.0 Å². The van der Waals surface area contributed by atoms with Gasteiger partial charge in [0.1, 0.15) is 30.3 Å². The van der Waals surface area contributed by atoms with E-state index >= 15 is 0 Å². The van der Waals surface area contributed by atoms with Gasteiger partial charge in [-0.05, 0) is 64.9 Å². The summed E-state index contributed by atoms with van der Waals surface area (Å²) in [5, 5.41) is 67.1. The lowest BCUT2D eigenvalue weighted by molar-refractivity contribution is -0.334. The minimum Gasteiger partial charge on any atom is -0.448 e. The summed E-state index contributed by atoms with van der Waals surface area (Å²) in [5.41, 5.74) is 1.87. The van der Waals surface area contributed by atoms with E-state index in [-0.39, 0.29) is 44.2 Å². The van der Waals surface area contributed by atoms with Crippen LogP contribution in [0.4, 0.5) is 0 Å². The molecule has 1 aromatic rings. The maximum atomic E-state index is 12.6. The lowest BCUT2D eigenvalue weighted by Gasteiger charge is -2.50. The van der Waals surface area contributed by atoms with Crippen molar-refractivity contribution in [2.75, 3.05) is 41.5 Å². The van der Waals surface area contributed by atoms with Gasteiger partial charge in [-0.1, -0.05) is 77.5 Å². The van der Waals surface area contributed by atoms with Crippen molar-refractivity contribution >= 4 is 19.8 Å². The SMILES string of the molecule is COCC([C@@H](O)C(O)C(=O)NCC[C@@H](C)c1nc(C=CCC2OC3(C[C@H](O)C2C)OC(C(C[C@@H](O)C(C)[C@@H](O)C(C)C=C(C)C(C)=CC=CC(C)=CC#N)OC)[C@@H](OP(=O)(O)O)C3(C)C)co1)N(C)C. The maximum absolute atomic E-state index is 12.6. The highest BCUT2D eigenvalue weighted by Crippen LogP contribution is 2.59. The second kappa shape index (κ2) is 27.0. The topological polar surface area (TPSA) is 287 Å². The predicted molar refractivity (Wildman–Crippen MR) is 262 cm³/mol. The van der Waals surface area contributed by atoms with Crippen LogP contribution in [0.5, 0.6) is 0 Å².